The van der Waals surface area contributed by atoms with Crippen molar-refractivity contribution in [1.82, 2.24) is 0 Å². The normalized spacial score (nSPS) is 16.9. The molecule has 3 N–H and O–H groups in total. The van der Waals surface area contributed by atoms with E-state index in [0.29, 0.717) is 0 Å². The second kappa shape index (κ2) is 6.63. The number of carbonyl (C=O) groups is 2. The molecule has 1 aromatic carbocycles. The van der Waals surface area contributed by atoms with Crippen LogP contribution in [0.5, 0.6) is 0 Å². The number of benzene rings is 1. The molecule has 110 valence electrons. The minimum absolute atomic E-state index is 0.200. The minimum atomic E-state index is -4.55. The fourth-order valence-electron chi connectivity index (χ4n) is 1.69. The second-order valence-corrected chi connectivity index (χ2v) is 6.46. The molecule has 0 saturated carbocycles. The summed E-state index contributed by atoms with van der Waals surface area (Å²) >= 11 is 0. The van der Waals surface area contributed by atoms with Gasteiger partial charge in [0, 0.05) is 11.7 Å². The molecule has 6 nitrogen and oxygen atoms in total. The fraction of sp³-hybridized carbons (Fsp3) is 0.333. The van der Waals surface area contributed by atoms with Crippen molar-refractivity contribution in [3.63, 3.8) is 0 Å². The summed E-state index contributed by atoms with van der Waals surface area (Å²) < 4.78 is 26.2. The van der Waals surface area contributed by atoms with Crippen molar-refractivity contribution in [1.29, 1.82) is 0 Å². The number of alkyl halides is 1. The lowest BCUT2D eigenvalue weighted by molar-refractivity contribution is -0.144. The van der Waals surface area contributed by atoms with Crippen molar-refractivity contribution in [2.75, 3.05) is 0 Å². The molecule has 0 aromatic heterocycles. The molecule has 0 bridgehead atoms. The van der Waals surface area contributed by atoms with Gasteiger partial charge in [-0.05, 0) is 18.6 Å². The highest BCUT2D eigenvalue weighted by Gasteiger charge is 2.42. The third-order valence-corrected chi connectivity index (χ3v) is 4.85. The van der Waals surface area contributed by atoms with E-state index >= 15 is 0 Å². The van der Waals surface area contributed by atoms with E-state index in [2.05, 4.69) is 0 Å². The van der Waals surface area contributed by atoms with Gasteiger partial charge in [0.1, 0.15) is 0 Å². The smallest absolute Gasteiger partial charge is 0.310 e. The van der Waals surface area contributed by atoms with Crippen molar-refractivity contribution in [2.24, 2.45) is 5.92 Å². The zero-order chi connectivity index (χ0) is 15.3. The lowest BCUT2D eigenvalue weighted by Gasteiger charge is -2.21. The number of halogens is 1. The molecular weight excluding hydrogens is 290 g/mol. The Balaban J connectivity index is 2.99. The van der Waals surface area contributed by atoms with Gasteiger partial charge in [0.25, 0.3) is 7.37 Å². The molecule has 0 saturated heterocycles. The molecule has 0 aliphatic carbocycles. The summed E-state index contributed by atoms with van der Waals surface area (Å²) in [5.41, 5.74) is 0. The molecule has 0 spiro atoms. The van der Waals surface area contributed by atoms with Gasteiger partial charge in [0.2, 0.25) is 0 Å². The number of hydrogen-bond donors (Lipinski definition) is 3. The van der Waals surface area contributed by atoms with Crippen LogP contribution in [0, 0.1) is 5.92 Å². The molecule has 0 aliphatic heterocycles. The van der Waals surface area contributed by atoms with Gasteiger partial charge in [-0.25, -0.2) is 4.39 Å². The Bertz CT molecular complexity index is 532. The molecule has 3 atom stereocenters. The van der Waals surface area contributed by atoms with Gasteiger partial charge >= 0.3 is 11.9 Å². The summed E-state index contributed by atoms with van der Waals surface area (Å²) in [6.07, 6.45) is -1.14. The summed E-state index contributed by atoms with van der Waals surface area (Å²) in [6, 6.07) is 6.87. The molecular formula is C12H14FO6P. The summed E-state index contributed by atoms with van der Waals surface area (Å²) in [4.78, 5) is 31.2. The maximum atomic E-state index is 14.1. The third-order valence-electron chi connectivity index (χ3n) is 2.78. The van der Waals surface area contributed by atoms with E-state index in [1.165, 1.54) is 24.3 Å². The highest BCUT2D eigenvalue weighted by Crippen LogP contribution is 2.50. The van der Waals surface area contributed by atoms with Crippen molar-refractivity contribution in [3.8, 4) is 0 Å². The van der Waals surface area contributed by atoms with E-state index in [9.17, 15) is 23.4 Å². The first-order valence-corrected chi connectivity index (χ1v) is 7.46. The topological polar surface area (TPSA) is 112 Å². The first-order chi connectivity index (χ1) is 9.26. The van der Waals surface area contributed by atoms with E-state index in [4.69, 9.17) is 10.2 Å². The molecule has 0 heterocycles. The number of aliphatic carboxylic acids is 2. The molecule has 0 fully saturated rings. The van der Waals surface area contributed by atoms with E-state index in [-0.39, 0.29) is 5.30 Å². The van der Waals surface area contributed by atoms with Crippen LogP contribution in [0.15, 0.2) is 30.3 Å². The van der Waals surface area contributed by atoms with Gasteiger partial charge in [-0.2, -0.15) is 0 Å². The number of carboxylic acids is 2. The third kappa shape index (κ3) is 3.88. The van der Waals surface area contributed by atoms with Gasteiger partial charge in [-0.15, -0.1) is 0 Å². The zero-order valence-electron chi connectivity index (χ0n) is 10.3. The predicted molar refractivity (Wildman–Crippen MR) is 68.8 cm³/mol. The van der Waals surface area contributed by atoms with Crippen molar-refractivity contribution in [3.05, 3.63) is 30.3 Å². The molecule has 1 rings (SSSR count). The Kier molecular flexibility index (Phi) is 5.42. The summed E-state index contributed by atoms with van der Waals surface area (Å²) in [5, 5.41) is 17.2. The van der Waals surface area contributed by atoms with Crippen LogP contribution < -0.4 is 5.30 Å². The van der Waals surface area contributed by atoms with Gasteiger partial charge in [-0.3, -0.25) is 14.2 Å². The van der Waals surface area contributed by atoms with Crippen LogP contribution in [-0.4, -0.2) is 33.0 Å². The maximum absolute atomic E-state index is 14.1. The summed E-state index contributed by atoms with van der Waals surface area (Å²) in [5.74, 6) is -7.33. The van der Waals surface area contributed by atoms with Crippen molar-refractivity contribution >= 4 is 24.6 Å². The van der Waals surface area contributed by atoms with Crippen LogP contribution in [0.25, 0.3) is 0 Å². The minimum Gasteiger partial charge on any atom is -0.481 e. The Morgan fingerprint density at radius 2 is 1.75 bits per heavy atom. The summed E-state index contributed by atoms with van der Waals surface area (Å²) in [6.45, 7) is 0. The zero-order valence-corrected chi connectivity index (χ0v) is 11.2. The van der Waals surface area contributed by atoms with E-state index in [1.807, 2.05) is 0 Å². The average Bonchev–Trinajstić information content (AvgIpc) is 2.39. The quantitative estimate of drug-likeness (QED) is 0.657. The molecule has 8 heteroatoms. The van der Waals surface area contributed by atoms with Gasteiger partial charge in [0.05, 0.1) is 5.92 Å². The fourth-order valence-corrected chi connectivity index (χ4v) is 3.33. The Morgan fingerprint density at radius 1 is 1.20 bits per heavy atom. The molecule has 0 amide bonds. The van der Waals surface area contributed by atoms with Crippen LogP contribution >= 0.6 is 7.37 Å². The van der Waals surface area contributed by atoms with Crippen LogP contribution in [0.2, 0.25) is 0 Å². The van der Waals surface area contributed by atoms with E-state index < -0.39 is 44.0 Å². The first kappa shape index (κ1) is 16.3. The first-order valence-electron chi connectivity index (χ1n) is 5.73. The Labute approximate surface area is 114 Å². The highest BCUT2D eigenvalue weighted by molar-refractivity contribution is 7.66. The molecule has 20 heavy (non-hydrogen) atoms. The lowest BCUT2D eigenvalue weighted by atomic mass is 10.1. The average molecular weight is 304 g/mol. The number of carboxylic acid groups (broad SMARTS) is 2. The van der Waals surface area contributed by atoms with E-state index in [0.717, 1.165) is 0 Å². The maximum Gasteiger partial charge on any atom is 0.310 e. The van der Waals surface area contributed by atoms with Crippen molar-refractivity contribution < 1.29 is 33.7 Å². The molecule has 3 unspecified atom stereocenters. The van der Waals surface area contributed by atoms with Crippen molar-refractivity contribution in [2.45, 2.75) is 18.8 Å². The largest absolute Gasteiger partial charge is 0.481 e. The monoisotopic (exact) mass is 304 g/mol. The van der Waals surface area contributed by atoms with E-state index in [1.54, 1.807) is 6.07 Å². The number of hydrogen-bond acceptors (Lipinski definition) is 3. The Hall–Kier alpha value is -1.72. The molecule has 0 aliphatic rings. The SMILES string of the molecule is O=C(O)CCC(C(=O)O)C(F)P(=O)(O)c1ccccc1. The van der Waals surface area contributed by atoms with Crippen LogP contribution in [0.3, 0.4) is 0 Å². The van der Waals surface area contributed by atoms with Gasteiger partial charge in [-0.1, -0.05) is 18.2 Å². The van der Waals surface area contributed by atoms with Crippen LogP contribution in [0.4, 0.5) is 4.39 Å². The van der Waals surface area contributed by atoms with Gasteiger partial charge < -0.3 is 15.1 Å². The molecule has 0 radical (unpaired) electrons. The molecule has 1 aromatic rings. The predicted octanol–water partition coefficient (Wildman–Crippen LogP) is 1.44. The lowest BCUT2D eigenvalue weighted by Crippen LogP contribution is -2.29. The second-order valence-electron chi connectivity index (χ2n) is 4.21. The highest BCUT2D eigenvalue weighted by atomic mass is 31.2. The van der Waals surface area contributed by atoms with Gasteiger partial charge in [0.15, 0.2) is 5.91 Å². The summed E-state index contributed by atoms with van der Waals surface area (Å²) in [7, 11) is -4.55. The van der Waals surface area contributed by atoms with Crippen LogP contribution in [-0.2, 0) is 14.2 Å². The van der Waals surface area contributed by atoms with Crippen LogP contribution in [0.1, 0.15) is 12.8 Å². The Morgan fingerprint density at radius 3 is 2.20 bits per heavy atom. The number of rotatable bonds is 7. The standard InChI is InChI=1S/C12H14FO6P/c13-11(9(12(16)17)6-7-10(14)15)20(18,19)8-4-2-1-3-5-8/h1-5,9,11H,6-7H2,(H,14,15)(H,16,17)(H,18,19).